The molecule has 1 aromatic carbocycles. The van der Waals surface area contributed by atoms with E-state index in [2.05, 4.69) is 35.7 Å². The Bertz CT molecular complexity index is 1390. The van der Waals surface area contributed by atoms with Gasteiger partial charge < -0.3 is 9.26 Å². The number of halogens is 1. The van der Waals surface area contributed by atoms with Gasteiger partial charge >= 0.3 is 0 Å². The third-order valence-corrected chi connectivity index (χ3v) is 5.23. The van der Waals surface area contributed by atoms with E-state index in [1.165, 1.54) is 6.20 Å². The van der Waals surface area contributed by atoms with Gasteiger partial charge in [-0.3, -0.25) is 4.68 Å². The SMILES string of the molecule is Cc1nnnn1Cc1cccc(-c2noc(-c3cnn(C)c3COc3ccc(Cl)cn3)n2)c1. The molecule has 0 saturated carbocycles. The molecule has 4 aromatic heterocycles. The number of tetrazole rings is 1. The zero-order valence-electron chi connectivity index (χ0n) is 17.8. The van der Waals surface area contributed by atoms with Crippen molar-refractivity contribution < 1.29 is 9.26 Å². The van der Waals surface area contributed by atoms with Crippen LogP contribution in [-0.2, 0) is 20.2 Å². The van der Waals surface area contributed by atoms with Crippen LogP contribution in [0.1, 0.15) is 17.1 Å². The quantitative estimate of drug-likeness (QED) is 0.358. The van der Waals surface area contributed by atoms with Gasteiger partial charge in [-0.25, -0.2) is 9.67 Å². The van der Waals surface area contributed by atoms with Gasteiger partial charge in [0.2, 0.25) is 11.7 Å². The molecule has 0 spiro atoms. The zero-order valence-corrected chi connectivity index (χ0v) is 18.5. The number of nitrogens with zero attached hydrogens (tertiary/aromatic N) is 9. The first-order valence-corrected chi connectivity index (χ1v) is 10.4. The van der Waals surface area contributed by atoms with Crippen molar-refractivity contribution in [3.63, 3.8) is 0 Å². The van der Waals surface area contributed by atoms with E-state index in [0.29, 0.717) is 34.7 Å². The normalized spacial score (nSPS) is 11.1. The maximum Gasteiger partial charge on any atom is 0.261 e. The van der Waals surface area contributed by atoms with Gasteiger partial charge in [0.1, 0.15) is 12.4 Å². The van der Waals surface area contributed by atoms with Crippen molar-refractivity contribution in [1.29, 1.82) is 0 Å². The van der Waals surface area contributed by atoms with Gasteiger partial charge in [0, 0.05) is 24.9 Å². The molecule has 0 aliphatic heterocycles. The van der Waals surface area contributed by atoms with Crippen molar-refractivity contribution in [2.75, 3.05) is 0 Å². The first-order chi connectivity index (χ1) is 16.1. The summed E-state index contributed by atoms with van der Waals surface area (Å²) in [6, 6.07) is 11.2. The lowest BCUT2D eigenvalue weighted by molar-refractivity contribution is 0.283. The van der Waals surface area contributed by atoms with Crippen LogP contribution in [0.25, 0.3) is 22.8 Å². The number of aromatic nitrogens is 9. The molecule has 0 N–H and O–H groups in total. The Hall–Kier alpha value is -4.12. The maximum absolute atomic E-state index is 5.88. The molecule has 0 aliphatic rings. The predicted molar refractivity (Wildman–Crippen MR) is 117 cm³/mol. The van der Waals surface area contributed by atoms with E-state index in [1.54, 1.807) is 27.7 Å². The van der Waals surface area contributed by atoms with Crippen LogP contribution in [0.5, 0.6) is 5.88 Å². The molecular formula is C21H18ClN9O2. The minimum absolute atomic E-state index is 0.221. The molecule has 0 amide bonds. The highest BCUT2D eigenvalue weighted by molar-refractivity contribution is 6.30. The second-order valence-corrected chi connectivity index (χ2v) is 7.68. The largest absolute Gasteiger partial charge is 0.471 e. The summed E-state index contributed by atoms with van der Waals surface area (Å²) in [6.45, 7) is 2.62. The second-order valence-electron chi connectivity index (χ2n) is 7.24. The Morgan fingerprint density at radius 3 is 2.85 bits per heavy atom. The molecule has 12 heteroatoms. The van der Waals surface area contributed by atoms with Gasteiger partial charge in [0.05, 0.1) is 29.0 Å². The van der Waals surface area contributed by atoms with Gasteiger partial charge in [0.25, 0.3) is 5.89 Å². The Balaban J connectivity index is 1.36. The lowest BCUT2D eigenvalue weighted by Gasteiger charge is -2.06. The van der Waals surface area contributed by atoms with Gasteiger partial charge in [-0.05, 0) is 35.0 Å². The predicted octanol–water partition coefficient (Wildman–Crippen LogP) is 3.11. The molecule has 0 aliphatic carbocycles. The van der Waals surface area contributed by atoms with Crippen LogP contribution in [0.15, 0.2) is 53.3 Å². The monoisotopic (exact) mass is 463 g/mol. The van der Waals surface area contributed by atoms with Crippen molar-refractivity contribution in [3.05, 3.63) is 70.9 Å². The second kappa shape index (κ2) is 8.79. The summed E-state index contributed by atoms with van der Waals surface area (Å²) in [7, 11) is 1.82. The number of hydrogen-bond donors (Lipinski definition) is 0. The van der Waals surface area contributed by atoms with Crippen LogP contribution in [-0.4, -0.2) is 45.1 Å². The minimum Gasteiger partial charge on any atom is -0.471 e. The standard InChI is InChI=1S/C21H18ClN9O2/c1-13-26-28-29-31(13)11-14-4-3-5-15(8-14)20-25-21(33-27-20)17-10-24-30(2)18(17)12-32-19-7-6-16(22)9-23-19/h3-10H,11-12H2,1-2H3. The maximum atomic E-state index is 5.88. The summed E-state index contributed by atoms with van der Waals surface area (Å²) < 4.78 is 14.7. The van der Waals surface area contributed by atoms with E-state index in [-0.39, 0.29) is 6.61 Å². The van der Waals surface area contributed by atoms with Gasteiger partial charge in [0.15, 0.2) is 0 Å². The fraction of sp³-hybridized carbons (Fsp3) is 0.190. The van der Waals surface area contributed by atoms with Crippen LogP contribution >= 0.6 is 11.6 Å². The smallest absolute Gasteiger partial charge is 0.261 e. The lowest BCUT2D eigenvalue weighted by Crippen LogP contribution is -2.05. The molecule has 11 nitrogen and oxygen atoms in total. The van der Waals surface area contributed by atoms with E-state index in [9.17, 15) is 0 Å². The number of ether oxygens (including phenoxy) is 1. The molecule has 0 saturated heterocycles. The van der Waals surface area contributed by atoms with Crippen molar-refractivity contribution in [2.24, 2.45) is 7.05 Å². The van der Waals surface area contributed by atoms with Crippen LogP contribution < -0.4 is 4.74 Å². The molecule has 166 valence electrons. The molecule has 5 aromatic rings. The fourth-order valence-corrected chi connectivity index (χ4v) is 3.34. The van der Waals surface area contributed by atoms with Crippen LogP contribution in [0.3, 0.4) is 0 Å². The highest BCUT2D eigenvalue weighted by Gasteiger charge is 2.19. The summed E-state index contributed by atoms with van der Waals surface area (Å²) in [6.07, 6.45) is 3.20. The van der Waals surface area contributed by atoms with Gasteiger partial charge in [-0.2, -0.15) is 10.1 Å². The Morgan fingerprint density at radius 2 is 2.06 bits per heavy atom. The summed E-state index contributed by atoms with van der Waals surface area (Å²) in [4.78, 5) is 8.72. The molecule has 33 heavy (non-hydrogen) atoms. The molecule has 0 radical (unpaired) electrons. The van der Waals surface area contributed by atoms with E-state index in [1.807, 2.05) is 38.2 Å². The Labute approximate surface area is 193 Å². The lowest BCUT2D eigenvalue weighted by atomic mass is 10.1. The Morgan fingerprint density at radius 1 is 1.15 bits per heavy atom. The average molecular weight is 464 g/mol. The third kappa shape index (κ3) is 4.44. The topological polar surface area (TPSA) is 122 Å². The minimum atomic E-state index is 0.221. The third-order valence-electron chi connectivity index (χ3n) is 5.00. The van der Waals surface area contributed by atoms with Crippen molar-refractivity contribution in [2.45, 2.75) is 20.1 Å². The molecule has 0 bridgehead atoms. The first kappa shape index (κ1) is 20.8. The van der Waals surface area contributed by atoms with Crippen molar-refractivity contribution >= 4 is 11.6 Å². The van der Waals surface area contributed by atoms with Gasteiger partial charge in [-0.1, -0.05) is 35.0 Å². The molecule has 5 rings (SSSR count). The number of benzene rings is 1. The number of hydrogen-bond acceptors (Lipinski definition) is 9. The summed E-state index contributed by atoms with van der Waals surface area (Å²) >= 11 is 5.88. The Kier molecular flexibility index (Phi) is 5.53. The van der Waals surface area contributed by atoms with Crippen LogP contribution in [0.2, 0.25) is 5.02 Å². The van der Waals surface area contributed by atoms with E-state index in [4.69, 9.17) is 20.9 Å². The van der Waals surface area contributed by atoms with Crippen molar-refractivity contribution in [3.8, 4) is 28.7 Å². The average Bonchev–Trinajstić information content (AvgIpc) is 3.55. The highest BCUT2D eigenvalue weighted by Crippen LogP contribution is 2.26. The molecular weight excluding hydrogens is 446 g/mol. The molecule has 0 atom stereocenters. The van der Waals surface area contributed by atoms with E-state index >= 15 is 0 Å². The first-order valence-electron chi connectivity index (χ1n) is 9.98. The van der Waals surface area contributed by atoms with Crippen LogP contribution in [0, 0.1) is 6.92 Å². The fourth-order valence-electron chi connectivity index (χ4n) is 3.23. The van der Waals surface area contributed by atoms with E-state index in [0.717, 1.165) is 22.6 Å². The number of aryl methyl sites for hydroxylation is 2. The molecule has 4 heterocycles. The summed E-state index contributed by atoms with van der Waals surface area (Å²) in [5.41, 5.74) is 3.29. The van der Waals surface area contributed by atoms with E-state index < -0.39 is 0 Å². The number of rotatable bonds is 7. The summed E-state index contributed by atoms with van der Waals surface area (Å²) in [5, 5.41) is 20.6. The van der Waals surface area contributed by atoms with Crippen LogP contribution in [0.4, 0.5) is 0 Å². The molecule has 0 fully saturated rings. The van der Waals surface area contributed by atoms with Gasteiger partial charge in [-0.15, -0.1) is 5.10 Å². The summed E-state index contributed by atoms with van der Waals surface area (Å²) in [5.74, 6) is 2.01. The molecule has 0 unspecified atom stereocenters. The zero-order chi connectivity index (χ0) is 22.8. The number of pyridine rings is 1. The highest BCUT2D eigenvalue weighted by atomic mass is 35.5. The van der Waals surface area contributed by atoms with Crippen molar-refractivity contribution in [1.82, 2.24) is 45.1 Å².